The quantitative estimate of drug-likeness (QED) is 0.829. The van der Waals surface area contributed by atoms with E-state index in [0.29, 0.717) is 30.0 Å². The first-order valence-corrected chi connectivity index (χ1v) is 9.94. The first-order valence-electron chi connectivity index (χ1n) is 9.94. The van der Waals surface area contributed by atoms with Crippen LogP contribution in [-0.4, -0.2) is 41.3 Å². The Morgan fingerprint density at radius 2 is 1.79 bits per heavy atom. The third-order valence-electron chi connectivity index (χ3n) is 6.28. The van der Waals surface area contributed by atoms with E-state index in [0.717, 1.165) is 18.4 Å². The second-order valence-electron chi connectivity index (χ2n) is 8.12. The SMILES string of the molecule is O=C(CN1[C@@H]2CC[C@@H]1CC(O)(c1ccc(F)cc1)C2)Nc1ccc2c(c1)OCO2. The van der Waals surface area contributed by atoms with Crippen molar-refractivity contribution in [3.63, 3.8) is 0 Å². The Bertz CT molecular complexity index is 919. The zero-order valence-corrected chi connectivity index (χ0v) is 15.9. The molecular formula is C22H23FN2O4. The van der Waals surface area contributed by atoms with E-state index in [9.17, 15) is 14.3 Å². The van der Waals surface area contributed by atoms with Gasteiger partial charge in [-0.3, -0.25) is 9.69 Å². The molecular weight excluding hydrogens is 375 g/mol. The summed E-state index contributed by atoms with van der Waals surface area (Å²) < 4.78 is 23.9. The zero-order valence-electron chi connectivity index (χ0n) is 15.9. The van der Waals surface area contributed by atoms with Gasteiger partial charge in [-0.05, 0) is 55.5 Å². The van der Waals surface area contributed by atoms with Crippen molar-refractivity contribution in [3.8, 4) is 11.5 Å². The van der Waals surface area contributed by atoms with E-state index >= 15 is 0 Å². The number of benzene rings is 2. The Balaban J connectivity index is 1.25. The minimum Gasteiger partial charge on any atom is -0.454 e. The number of hydrogen-bond donors (Lipinski definition) is 2. The molecule has 0 aliphatic carbocycles. The van der Waals surface area contributed by atoms with Crippen LogP contribution in [0.4, 0.5) is 10.1 Å². The van der Waals surface area contributed by atoms with Crippen molar-refractivity contribution in [2.45, 2.75) is 43.4 Å². The molecule has 2 aromatic rings. The number of aliphatic hydroxyl groups is 1. The lowest BCUT2D eigenvalue weighted by Gasteiger charge is -2.43. The molecule has 2 bridgehead atoms. The van der Waals surface area contributed by atoms with E-state index in [1.165, 1.54) is 12.1 Å². The van der Waals surface area contributed by atoms with Crippen molar-refractivity contribution in [2.75, 3.05) is 18.7 Å². The maximum atomic E-state index is 13.3. The van der Waals surface area contributed by atoms with Gasteiger partial charge in [-0.2, -0.15) is 0 Å². The molecule has 0 radical (unpaired) electrons. The van der Waals surface area contributed by atoms with Crippen LogP contribution in [0.15, 0.2) is 42.5 Å². The molecule has 2 saturated heterocycles. The molecule has 29 heavy (non-hydrogen) atoms. The molecule has 152 valence electrons. The third kappa shape index (κ3) is 3.45. The molecule has 3 aliphatic heterocycles. The van der Waals surface area contributed by atoms with Crippen LogP contribution < -0.4 is 14.8 Å². The Morgan fingerprint density at radius 3 is 2.52 bits per heavy atom. The maximum absolute atomic E-state index is 13.3. The maximum Gasteiger partial charge on any atom is 0.238 e. The van der Waals surface area contributed by atoms with Gasteiger partial charge in [0.1, 0.15) is 5.82 Å². The van der Waals surface area contributed by atoms with Crippen molar-refractivity contribution >= 4 is 11.6 Å². The second-order valence-corrected chi connectivity index (χ2v) is 8.12. The highest BCUT2D eigenvalue weighted by Crippen LogP contribution is 2.45. The van der Waals surface area contributed by atoms with Crippen LogP contribution in [0.5, 0.6) is 11.5 Å². The van der Waals surface area contributed by atoms with Gasteiger partial charge in [0, 0.05) is 23.8 Å². The number of ether oxygens (including phenoxy) is 2. The molecule has 2 fully saturated rings. The number of nitrogens with zero attached hydrogens (tertiary/aromatic N) is 1. The standard InChI is InChI=1S/C22H23FN2O4/c23-15-3-1-14(2-4-15)22(27)10-17-6-7-18(11-22)25(17)12-21(26)24-16-5-8-19-20(9-16)29-13-28-19/h1-5,8-9,17-18,27H,6-7,10-13H2,(H,24,26)/t17-,18-/m1/s1. The van der Waals surface area contributed by atoms with Gasteiger partial charge in [-0.25, -0.2) is 4.39 Å². The molecule has 2 aromatic carbocycles. The number of rotatable bonds is 4. The van der Waals surface area contributed by atoms with E-state index in [1.54, 1.807) is 30.3 Å². The number of piperidine rings is 1. The highest BCUT2D eigenvalue weighted by Gasteiger charge is 2.48. The monoisotopic (exact) mass is 398 g/mol. The van der Waals surface area contributed by atoms with Crippen LogP contribution in [0.3, 0.4) is 0 Å². The average molecular weight is 398 g/mol. The molecule has 5 rings (SSSR count). The predicted molar refractivity (Wildman–Crippen MR) is 104 cm³/mol. The number of carbonyl (C=O) groups is 1. The summed E-state index contributed by atoms with van der Waals surface area (Å²) >= 11 is 0. The lowest BCUT2D eigenvalue weighted by Crippen LogP contribution is -2.51. The van der Waals surface area contributed by atoms with E-state index in [4.69, 9.17) is 9.47 Å². The number of carbonyl (C=O) groups excluding carboxylic acids is 1. The molecule has 7 heteroatoms. The Morgan fingerprint density at radius 1 is 1.10 bits per heavy atom. The van der Waals surface area contributed by atoms with E-state index < -0.39 is 5.60 Å². The van der Waals surface area contributed by atoms with Gasteiger partial charge in [0.05, 0.1) is 12.1 Å². The van der Waals surface area contributed by atoms with Crippen molar-refractivity contribution in [3.05, 3.63) is 53.8 Å². The van der Waals surface area contributed by atoms with Crippen LogP contribution in [0, 0.1) is 5.82 Å². The fourth-order valence-corrected chi connectivity index (χ4v) is 4.91. The summed E-state index contributed by atoms with van der Waals surface area (Å²) in [7, 11) is 0. The third-order valence-corrected chi connectivity index (χ3v) is 6.28. The lowest BCUT2D eigenvalue weighted by atomic mass is 9.80. The molecule has 3 heterocycles. The van der Waals surface area contributed by atoms with Crippen molar-refractivity contribution in [1.29, 1.82) is 0 Å². The van der Waals surface area contributed by atoms with Crippen LogP contribution >= 0.6 is 0 Å². The number of halogens is 1. The van der Waals surface area contributed by atoms with Crippen molar-refractivity contribution < 1.29 is 23.8 Å². The summed E-state index contributed by atoms with van der Waals surface area (Å²) in [5.74, 6) is 0.910. The topological polar surface area (TPSA) is 71.0 Å². The molecule has 6 nitrogen and oxygen atoms in total. The van der Waals surface area contributed by atoms with Crippen molar-refractivity contribution in [2.24, 2.45) is 0 Å². The zero-order chi connectivity index (χ0) is 20.0. The fraction of sp³-hybridized carbons (Fsp3) is 0.409. The highest BCUT2D eigenvalue weighted by molar-refractivity contribution is 5.92. The normalized spacial score (nSPS) is 27.8. The predicted octanol–water partition coefficient (Wildman–Crippen LogP) is 3.01. The molecule has 0 unspecified atom stereocenters. The summed E-state index contributed by atoms with van der Waals surface area (Å²) in [6.45, 7) is 0.476. The van der Waals surface area contributed by atoms with E-state index in [1.807, 2.05) is 0 Å². The average Bonchev–Trinajstić information content (AvgIpc) is 3.25. The molecule has 0 saturated carbocycles. The summed E-state index contributed by atoms with van der Waals surface area (Å²) in [4.78, 5) is 14.8. The second kappa shape index (κ2) is 7.00. The molecule has 0 spiro atoms. The Hall–Kier alpha value is -2.64. The van der Waals surface area contributed by atoms with Gasteiger partial charge in [0.25, 0.3) is 0 Å². The van der Waals surface area contributed by atoms with Gasteiger partial charge < -0.3 is 19.9 Å². The van der Waals surface area contributed by atoms with Crippen LogP contribution in [0.1, 0.15) is 31.2 Å². The molecule has 0 aromatic heterocycles. The first kappa shape index (κ1) is 18.4. The largest absolute Gasteiger partial charge is 0.454 e. The molecule has 2 N–H and O–H groups in total. The van der Waals surface area contributed by atoms with E-state index in [2.05, 4.69) is 10.2 Å². The number of fused-ring (bicyclic) bond motifs is 3. The minimum atomic E-state index is -0.968. The van der Waals surface area contributed by atoms with Crippen molar-refractivity contribution in [1.82, 2.24) is 4.90 Å². The molecule has 2 atom stereocenters. The van der Waals surface area contributed by atoms with E-state index in [-0.39, 0.29) is 37.1 Å². The summed E-state index contributed by atoms with van der Waals surface area (Å²) in [5, 5.41) is 14.1. The van der Waals surface area contributed by atoms with Gasteiger partial charge in [-0.1, -0.05) is 12.1 Å². The number of amides is 1. The number of anilines is 1. The summed E-state index contributed by atoms with van der Waals surface area (Å²) in [6.07, 6.45) is 3.00. The van der Waals surface area contributed by atoms with Gasteiger partial charge >= 0.3 is 0 Å². The molecule has 3 aliphatic rings. The first-order chi connectivity index (χ1) is 14.0. The smallest absolute Gasteiger partial charge is 0.238 e. The van der Waals surface area contributed by atoms with Gasteiger partial charge in [0.2, 0.25) is 12.7 Å². The minimum absolute atomic E-state index is 0.0898. The Labute approximate surface area is 168 Å². The van der Waals surface area contributed by atoms with Gasteiger partial charge in [-0.15, -0.1) is 0 Å². The fourth-order valence-electron chi connectivity index (χ4n) is 4.91. The van der Waals surface area contributed by atoms with Crippen LogP contribution in [-0.2, 0) is 10.4 Å². The number of nitrogens with one attached hydrogen (secondary N) is 1. The molecule has 1 amide bonds. The summed E-state index contributed by atoms with van der Waals surface area (Å²) in [5.41, 5.74) is 0.454. The van der Waals surface area contributed by atoms with Gasteiger partial charge in [0.15, 0.2) is 11.5 Å². The number of hydrogen-bond acceptors (Lipinski definition) is 5. The Kier molecular flexibility index (Phi) is 4.44. The lowest BCUT2D eigenvalue weighted by molar-refractivity contribution is -0.121. The van der Waals surface area contributed by atoms with Crippen LogP contribution in [0.2, 0.25) is 0 Å². The van der Waals surface area contributed by atoms with Crippen LogP contribution in [0.25, 0.3) is 0 Å². The highest BCUT2D eigenvalue weighted by atomic mass is 19.1. The summed E-state index contributed by atoms with van der Waals surface area (Å²) in [6, 6.07) is 11.7.